The summed E-state index contributed by atoms with van der Waals surface area (Å²) in [5, 5.41) is 7.34. The maximum absolute atomic E-state index is 13.3. The summed E-state index contributed by atoms with van der Waals surface area (Å²) in [5.41, 5.74) is 2.55. The number of amides is 1. The van der Waals surface area contributed by atoms with Crippen LogP contribution in [0.4, 0.5) is 4.39 Å². The third-order valence-corrected chi connectivity index (χ3v) is 6.74. The number of hydrogen-bond acceptors (Lipinski definition) is 6. The molecule has 8 heteroatoms. The van der Waals surface area contributed by atoms with Crippen LogP contribution in [0.2, 0.25) is 0 Å². The number of fused-ring (bicyclic) bond motifs is 1. The van der Waals surface area contributed by atoms with Crippen LogP contribution in [0, 0.1) is 18.7 Å². The van der Waals surface area contributed by atoms with Crippen LogP contribution in [-0.2, 0) is 11.3 Å². The molecule has 1 N–H and O–H groups in total. The fraction of sp³-hybridized carbons (Fsp3) is 0.444. The van der Waals surface area contributed by atoms with Crippen molar-refractivity contribution in [3.63, 3.8) is 0 Å². The highest BCUT2D eigenvalue weighted by Gasteiger charge is 2.36. The van der Waals surface area contributed by atoms with E-state index in [4.69, 9.17) is 9.26 Å². The smallest absolute Gasteiger partial charge is 0.241 e. The van der Waals surface area contributed by atoms with Crippen LogP contribution in [0.25, 0.3) is 11.4 Å². The number of carbonyl (C=O) groups is 1. The third-order valence-electron chi connectivity index (χ3n) is 6.74. The molecular weight excluding hydrogens is 447 g/mol. The minimum atomic E-state index is -0.348. The van der Waals surface area contributed by atoms with Crippen molar-refractivity contribution in [1.82, 2.24) is 20.4 Å². The van der Waals surface area contributed by atoms with Gasteiger partial charge in [-0.2, -0.15) is 4.98 Å². The van der Waals surface area contributed by atoms with Gasteiger partial charge < -0.3 is 14.6 Å². The summed E-state index contributed by atoms with van der Waals surface area (Å²) in [6.07, 6.45) is 2.49. The molecule has 2 aliphatic heterocycles. The predicted molar refractivity (Wildman–Crippen MR) is 129 cm³/mol. The molecule has 1 aromatic heterocycles. The molecule has 1 amide bonds. The molecule has 2 aromatic carbocycles. The molecule has 7 nitrogen and oxygen atoms in total. The van der Waals surface area contributed by atoms with E-state index in [2.05, 4.69) is 47.2 Å². The summed E-state index contributed by atoms with van der Waals surface area (Å²) < 4.78 is 24.8. The van der Waals surface area contributed by atoms with E-state index in [9.17, 15) is 9.18 Å². The van der Waals surface area contributed by atoms with Crippen LogP contribution in [0.1, 0.15) is 56.2 Å². The Bertz CT molecular complexity index is 1210. The standard InChI is InChI=1S/C27H31FN4O3/c1-17-6-11-23-21(13-17)22(14-27(2,3)34-23)29-26(33)19-5-4-12-32(15-19)16-24-30-25(31-35-24)18-7-9-20(28)10-8-18/h6-11,13,19,22H,4-5,12,14-16H2,1-3H3,(H,29,33). The fourth-order valence-electron chi connectivity index (χ4n) is 5.03. The fourth-order valence-corrected chi connectivity index (χ4v) is 5.03. The quantitative estimate of drug-likeness (QED) is 0.567. The van der Waals surface area contributed by atoms with Gasteiger partial charge in [-0.25, -0.2) is 4.39 Å². The van der Waals surface area contributed by atoms with Crippen molar-refractivity contribution in [2.24, 2.45) is 5.92 Å². The second kappa shape index (κ2) is 9.41. The summed E-state index contributed by atoms with van der Waals surface area (Å²) in [4.78, 5) is 20.0. The zero-order chi connectivity index (χ0) is 24.6. The number of nitrogens with zero attached hydrogens (tertiary/aromatic N) is 3. The molecule has 3 heterocycles. The maximum Gasteiger partial charge on any atom is 0.241 e. The number of nitrogens with one attached hydrogen (secondary N) is 1. The summed E-state index contributed by atoms with van der Waals surface area (Å²) in [7, 11) is 0. The molecule has 0 radical (unpaired) electrons. The molecule has 1 saturated heterocycles. The van der Waals surface area contributed by atoms with Gasteiger partial charge in [0, 0.05) is 24.1 Å². The lowest BCUT2D eigenvalue weighted by molar-refractivity contribution is -0.128. The molecule has 5 rings (SSSR count). The SMILES string of the molecule is Cc1ccc2c(c1)C(NC(=O)C1CCCN(Cc3nc(-c4ccc(F)cc4)no3)C1)CC(C)(C)O2. The molecule has 0 saturated carbocycles. The van der Waals surface area contributed by atoms with Crippen LogP contribution < -0.4 is 10.1 Å². The molecule has 0 bridgehead atoms. The minimum Gasteiger partial charge on any atom is -0.487 e. The first-order valence-corrected chi connectivity index (χ1v) is 12.2. The molecule has 35 heavy (non-hydrogen) atoms. The number of benzene rings is 2. The summed E-state index contributed by atoms with van der Waals surface area (Å²) in [5.74, 6) is 1.42. The Morgan fingerprint density at radius 1 is 1.23 bits per heavy atom. The van der Waals surface area contributed by atoms with Crippen LogP contribution in [-0.4, -0.2) is 39.6 Å². The first-order valence-electron chi connectivity index (χ1n) is 12.2. The number of aromatic nitrogens is 2. The number of piperidine rings is 1. The van der Waals surface area contributed by atoms with E-state index in [1.165, 1.54) is 12.1 Å². The predicted octanol–water partition coefficient (Wildman–Crippen LogP) is 4.81. The van der Waals surface area contributed by atoms with Gasteiger partial charge in [-0.15, -0.1) is 0 Å². The molecule has 0 aliphatic carbocycles. The average molecular weight is 479 g/mol. The number of aryl methyl sites for hydroxylation is 1. The van der Waals surface area contributed by atoms with Crippen molar-refractivity contribution in [2.45, 2.75) is 58.2 Å². The molecule has 184 valence electrons. The summed E-state index contributed by atoms with van der Waals surface area (Å²) >= 11 is 0. The van der Waals surface area contributed by atoms with E-state index in [1.54, 1.807) is 12.1 Å². The van der Waals surface area contributed by atoms with Gasteiger partial charge >= 0.3 is 0 Å². The molecule has 1 fully saturated rings. The zero-order valence-electron chi connectivity index (χ0n) is 20.4. The average Bonchev–Trinajstić information content (AvgIpc) is 3.28. The Labute approximate surface area is 204 Å². The molecule has 2 aliphatic rings. The van der Waals surface area contributed by atoms with Crippen molar-refractivity contribution >= 4 is 5.91 Å². The highest BCUT2D eigenvalue weighted by molar-refractivity contribution is 5.79. The maximum atomic E-state index is 13.3. The number of carbonyl (C=O) groups excluding carboxylic acids is 1. The van der Waals surface area contributed by atoms with Gasteiger partial charge in [-0.1, -0.05) is 22.9 Å². The molecule has 3 aromatic rings. The number of halogens is 1. The second-order valence-corrected chi connectivity index (χ2v) is 10.3. The van der Waals surface area contributed by atoms with Gasteiger partial charge in [0.25, 0.3) is 0 Å². The molecule has 2 unspecified atom stereocenters. The van der Waals surface area contributed by atoms with Crippen molar-refractivity contribution in [1.29, 1.82) is 0 Å². The first kappa shape index (κ1) is 23.5. The van der Waals surface area contributed by atoms with Gasteiger partial charge in [-0.05, 0) is 70.5 Å². The van der Waals surface area contributed by atoms with E-state index in [0.717, 1.165) is 42.7 Å². The van der Waals surface area contributed by atoms with Crippen molar-refractivity contribution in [3.05, 3.63) is 65.3 Å². The monoisotopic (exact) mass is 478 g/mol. The van der Waals surface area contributed by atoms with Crippen LogP contribution in [0.15, 0.2) is 47.0 Å². The van der Waals surface area contributed by atoms with Gasteiger partial charge in [0.05, 0.1) is 18.5 Å². The Hall–Kier alpha value is -3.26. The number of ether oxygens (including phenoxy) is 1. The van der Waals surface area contributed by atoms with Gasteiger partial charge in [0.2, 0.25) is 17.6 Å². The lowest BCUT2D eigenvalue weighted by Gasteiger charge is -2.39. The van der Waals surface area contributed by atoms with E-state index in [0.29, 0.717) is 30.4 Å². The topological polar surface area (TPSA) is 80.5 Å². The highest BCUT2D eigenvalue weighted by Crippen LogP contribution is 2.40. The third kappa shape index (κ3) is 5.37. The van der Waals surface area contributed by atoms with E-state index in [1.807, 2.05) is 12.1 Å². The highest BCUT2D eigenvalue weighted by atomic mass is 19.1. The van der Waals surface area contributed by atoms with E-state index in [-0.39, 0.29) is 29.3 Å². The van der Waals surface area contributed by atoms with Gasteiger partial charge in [0.1, 0.15) is 17.2 Å². The normalized spacial score (nSPS) is 21.7. The minimum absolute atomic E-state index is 0.0717. The van der Waals surface area contributed by atoms with Crippen molar-refractivity contribution < 1.29 is 18.4 Å². The lowest BCUT2D eigenvalue weighted by atomic mass is 9.88. The van der Waals surface area contributed by atoms with Crippen LogP contribution >= 0.6 is 0 Å². The largest absolute Gasteiger partial charge is 0.487 e. The Morgan fingerprint density at radius 2 is 2.03 bits per heavy atom. The van der Waals surface area contributed by atoms with Crippen molar-refractivity contribution in [2.75, 3.05) is 13.1 Å². The Morgan fingerprint density at radius 3 is 2.83 bits per heavy atom. The summed E-state index contributed by atoms with van der Waals surface area (Å²) in [6.45, 7) is 8.14. The van der Waals surface area contributed by atoms with Crippen LogP contribution in [0.3, 0.4) is 0 Å². The molecule has 0 spiro atoms. The van der Waals surface area contributed by atoms with Gasteiger partial charge in [0.15, 0.2) is 0 Å². The summed E-state index contributed by atoms with van der Waals surface area (Å²) in [6, 6.07) is 12.1. The Balaban J connectivity index is 1.23. The Kier molecular flexibility index (Phi) is 6.32. The van der Waals surface area contributed by atoms with E-state index >= 15 is 0 Å². The molecular formula is C27H31FN4O3. The van der Waals surface area contributed by atoms with Gasteiger partial charge in [-0.3, -0.25) is 9.69 Å². The second-order valence-electron chi connectivity index (χ2n) is 10.3. The number of hydrogen-bond donors (Lipinski definition) is 1. The first-order chi connectivity index (χ1) is 16.8. The van der Waals surface area contributed by atoms with Crippen LogP contribution in [0.5, 0.6) is 5.75 Å². The lowest BCUT2D eigenvalue weighted by Crippen LogP contribution is -2.46. The zero-order valence-corrected chi connectivity index (χ0v) is 20.4. The molecule has 2 atom stereocenters. The van der Waals surface area contributed by atoms with E-state index < -0.39 is 0 Å². The van der Waals surface area contributed by atoms with Crippen molar-refractivity contribution in [3.8, 4) is 17.1 Å². The number of rotatable bonds is 5. The number of likely N-dealkylation sites (tertiary alicyclic amines) is 1.